The molecule has 0 aromatic rings. The van der Waals surface area contributed by atoms with Crippen molar-refractivity contribution < 1.29 is 9.16 Å². The Balaban J connectivity index is 2.33. The van der Waals surface area contributed by atoms with Gasteiger partial charge in [0.25, 0.3) is 0 Å². The van der Waals surface area contributed by atoms with Crippen molar-refractivity contribution in [1.82, 2.24) is 0 Å². The summed E-state index contributed by atoms with van der Waals surface area (Å²) >= 11 is 0. The van der Waals surface area contributed by atoms with Crippen molar-refractivity contribution in [3.05, 3.63) is 12.7 Å². The third-order valence-corrected chi connectivity index (χ3v) is 5.63. The fourth-order valence-corrected chi connectivity index (χ4v) is 4.86. The van der Waals surface area contributed by atoms with Gasteiger partial charge in [-0.2, -0.15) is 0 Å². The molecule has 2 unspecified atom stereocenters. The first-order chi connectivity index (χ1) is 6.88. The quantitative estimate of drug-likeness (QED) is 0.499. The molecule has 2 nitrogen and oxygen atoms in total. The minimum atomic E-state index is -1.06. The van der Waals surface area contributed by atoms with Crippen LogP contribution in [0.1, 0.15) is 32.6 Å². The third kappa shape index (κ3) is 3.94. The molecule has 2 atom stereocenters. The Morgan fingerprint density at radius 3 is 3.00 bits per heavy atom. The molecule has 3 heteroatoms. The topological polar surface area (TPSA) is 18.5 Å². The molecule has 14 heavy (non-hydrogen) atoms. The van der Waals surface area contributed by atoms with Gasteiger partial charge in [-0.1, -0.05) is 25.8 Å². The lowest BCUT2D eigenvalue weighted by molar-refractivity contribution is 0.0985. The van der Waals surface area contributed by atoms with E-state index in [0.717, 1.165) is 13.0 Å². The molecule has 0 N–H and O–H groups in total. The van der Waals surface area contributed by atoms with Gasteiger partial charge in [0, 0.05) is 6.61 Å². The van der Waals surface area contributed by atoms with Gasteiger partial charge >= 0.3 is 0 Å². The largest absolute Gasteiger partial charge is 0.417 e. The zero-order valence-corrected chi connectivity index (χ0v) is 10.4. The summed E-state index contributed by atoms with van der Waals surface area (Å²) in [6, 6.07) is 1.29. The van der Waals surface area contributed by atoms with E-state index in [1.165, 1.54) is 25.3 Å². The molecular weight excluding hydrogens is 192 g/mol. The van der Waals surface area contributed by atoms with Crippen LogP contribution >= 0.6 is 0 Å². The third-order valence-electron chi connectivity index (χ3n) is 2.63. The summed E-state index contributed by atoms with van der Waals surface area (Å²) < 4.78 is 11.7. The van der Waals surface area contributed by atoms with Gasteiger partial charge in [0.2, 0.25) is 9.04 Å². The highest BCUT2D eigenvalue weighted by molar-refractivity contribution is 6.53. The van der Waals surface area contributed by atoms with E-state index < -0.39 is 9.04 Å². The molecule has 1 aliphatic rings. The van der Waals surface area contributed by atoms with Crippen LogP contribution in [0, 0.1) is 0 Å². The summed E-state index contributed by atoms with van der Waals surface area (Å²) in [7, 11) is -1.06. The Bertz CT molecular complexity index is 155. The fraction of sp³-hybridized carbons (Fsp3) is 0.818. The number of ether oxygens (including phenoxy) is 1. The highest BCUT2D eigenvalue weighted by Crippen LogP contribution is 2.18. The van der Waals surface area contributed by atoms with Crippen LogP contribution < -0.4 is 0 Å². The molecule has 0 radical (unpaired) electrons. The molecule has 0 aromatic carbocycles. The van der Waals surface area contributed by atoms with Gasteiger partial charge < -0.3 is 9.16 Å². The summed E-state index contributed by atoms with van der Waals surface area (Å²) in [6.07, 6.45) is 6.76. The van der Waals surface area contributed by atoms with Crippen molar-refractivity contribution in [2.75, 3.05) is 13.2 Å². The average molecular weight is 214 g/mol. The van der Waals surface area contributed by atoms with Crippen LogP contribution in [0.4, 0.5) is 0 Å². The lowest BCUT2D eigenvalue weighted by Crippen LogP contribution is -2.38. The molecule has 0 amide bonds. The molecule has 1 aliphatic heterocycles. The van der Waals surface area contributed by atoms with Crippen molar-refractivity contribution in [3.63, 3.8) is 0 Å². The van der Waals surface area contributed by atoms with E-state index in [0.29, 0.717) is 12.3 Å². The van der Waals surface area contributed by atoms with E-state index in [1.54, 1.807) is 0 Å². The number of rotatable bonds is 6. The normalized spacial score (nSPS) is 24.5. The molecule has 0 aliphatic carbocycles. The lowest BCUT2D eigenvalue weighted by Gasteiger charge is -2.28. The minimum Gasteiger partial charge on any atom is -0.417 e. The first kappa shape index (κ1) is 11.9. The molecule has 1 fully saturated rings. The van der Waals surface area contributed by atoms with Crippen LogP contribution in [0.5, 0.6) is 0 Å². The summed E-state index contributed by atoms with van der Waals surface area (Å²) in [5.74, 6) is 0. The second-order valence-electron chi connectivity index (χ2n) is 3.85. The van der Waals surface area contributed by atoms with E-state index in [2.05, 4.69) is 13.5 Å². The highest BCUT2D eigenvalue weighted by atomic mass is 28.3. The van der Waals surface area contributed by atoms with Crippen molar-refractivity contribution in [1.29, 1.82) is 0 Å². The van der Waals surface area contributed by atoms with Crippen molar-refractivity contribution in [2.24, 2.45) is 0 Å². The Hall–Kier alpha value is -0.123. The van der Waals surface area contributed by atoms with E-state index in [-0.39, 0.29) is 0 Å². The standard InChI is InChI=1S/C11H22O2Si/c1-3-7-11(12-8-4-2)14-10-6-5-9-13-14/h4,11,14H,2-3,5-10H2,1H3. The molecule has 0 bridgehead atoms. The molecule has 1 heterocycles. The zero-order valence-electron chi connectivity index (χ0n) is 9.21. The van der Waals surface area contributed by atoms with Gasteiger partial charge in [0.05, 0.1) is 12.3 Å². The highest BCUT2D eigenvalue weighted by Gasteiger charge is 2.26. The molecule has 0 spiro atoms. The second kappa shape index (κ2) is 7.21. The maximum Gasteiger partial charge on any atom is 0.205 e. The number of hydrogen-bond acceptors (Lipinski definition) is 2. The van der Waals surface area contributed by atoms with Crippen LogP contribution in [0.15, 0.2) is 12.7 Å². The maximum absolute atomic E-state index is 5.87. The first-order valence-corrected chi connectivity index (χ1v) is 7.68. The van der Waals surface area contributed by atoms with Crippen molar-refractivity contribution in [3.8, 4) is 0 Å². The van der Waals surface area contributed by atoms with Gasteiger partial charge in [-0.3, -0.25) is 0 Å². The van der Waals surface area contributed by atoms with Crippen LogP contribution in [-0.2, 0) is 9.16 Å². The van der Waals surface area contributed by atoms with Gasteiger partial charge in [0.15, 0.2) is 0 Å². The van der Waals surface area contributed by atoms with Crippen molar-refractivity contribution in [2.45, 2.75) is 44.4 Å². The molecule has 0 saturated carbocycles. The van der Waals surface area contributed by atoms with Gasteiger partial charge in [-0.15, -0.1) is 6.58 Å². The summed E-state index contributed by atoms with van der Waals surface area (Å²) in [5, 5.41) is 0. The Morgan fingerprint density at radius 1 is 1.57 bits per heavy atom. The van der Waals surface area contributed by atoms with E-state index in [1.807, 2.05) is 6.08 Å². The van der Waals surface area contributed by atoms with Crippen molar-refractivity contribution >= 4 is 9.04 Å². The monoisotopic (exact) mass is 214 g/mol. The van der Waals surface area contributed by atoms with E-state index >= 15 is 0 Å². The van der Waals surface area contributed by atoms with E-state index in [4.69, 9.17) is 9.16 Å². The first-order valence-electron chi connectivity index (χ1n) is 5.72. The van der Waals surface area contributed by atoms with Gasteiger partial charge in [-0.25, -0.2) is 0 Å². The minimum absolute atomic E-state index is 0.415. The Labute approximate surface area is 89.0 Å². The van der Waals surface area contributed by atoms with Gasteiger partial charge in [0.1, 0.15) is 0 Å². The summed E-state index contributed by atoms with van der Waals surface area (Å²) in [4.78, 5) is 0. The Morgan fingerprint density at radius 2 is 2.43 bits per heavy atom. The lowest BCUT2D eigenvalue weighted by atomic mass is 10.3. The van der Waals surface area contributed by atoms with Crippen LogP contribution in [0.25, 0.3) is 0 Å². The second-order valence-corrected chi connectivity index (χ2v) is 6.59. The molecule has 1 rings (SSSR count). The summed E-state index contributed by atoms with van der Waals surface area (Å²) in [5.41, 5.74) is 0.415. The van der Waals surface area contributed by atoms with Crippen LogP contribution in [0.2, 0.25) is 6.04 Å². The van der Waals surface area contributed by atoms with Crippen LogP contribution in [0.3, 0.4) is 0 Å². The number of hydrogen-bond donors (Lipinski definition) is 0. The fourth-order valence-electron chi connectivity index (χ4n) is 1.91. The maximum atomic E-state index is 5.87. The van der Waals surface area contributed by atoms with Gasteiger partial charge in [-0.05, 0) is 18.9 Å². The van der Waals surface area contributed by atoms with E-state index in [9.17, 15) is 0 Å². The smallest absolute Gasteiger partial charge is 0.205 e. The SMILES string of the molecule is C=CCOC(CCC)[SiH]1CCCCO1. The predicted octanol–water partition coefficient (Wildman–Crippen LogP) is 2.43. The zero-order chi connectivity index (χ0) is 10.2. The molecular formula is C11H22O2Si. The molecule has 0 aromatic heterocycles. The predicted molar refractivity (Wildman–Crippen MR) is 62.0 cm³/mol. The van der Waals surface area contributed by atoms with Crippen LogP contribution in [-0.4, -0.2) is 28.0 Å². The Kier molecular flexibility index (Phi) is 6.15. The summed E-state index contributed by atoms with van der Waals surface area (Å²) in [6.45, 7) is 7.54. The molecule has 1 saturated heterocycles. The molecule has 82 valence electrons. The average Bonchev–Trinajstić information content (AvgIpc) is 2.25.